The Kier molecular flexibility index (Phi) is 5.90. The van der Waals surface area contributed by atoms with Crippen molar-refractivity contribution >= 4 is 6.09 Å². The van der Waals surface area contributed by atoms with Gasteiger partial charge in [-0.25, -0.2) is 4.79 Å². The Morgan fingerprint density at radius 2 is 1.73 bits per heavy atom. The summed E-state index contributed by atoms with van der Waals surface area (Å²) in [6, 6.07) is 18.9. The average molecular weight is 350 g/mol. The predicted octanol–water partition coefficient (Wildman–Crippen LogP) is 2.26. The summed E-state index contributed by atoms with van der Waals surface area (Å²) in [6.45, 7) is 1.72. The zero-order valence-corrected chi connectivity index (χ0v) is 14.5. The monoisotopic (exact) mass is 350 g/mol. The van der Waals surface area contributed by atoms with Gasteiger partial charge in [0.2, 0.25) is 0 Å². The SMILES string of the molecule is O=C(O)N(CC#Cc1ccccc1)C1CN(Cc2ccccc2)CC1O. The minimum Gasteiger partial charge on any atom is -0.465 e. The molecule has 0 aromatic heterocycles. The lowest BCUT2D eigenvalue weighted by atomic mass is 10.2. The molecule has 26 heavy (non-hydrogen) atoms. The van der Waals surface area contributed by atoms with Crippen molar-refractivity contribution in [3.63, 3.8) is 0 Å². The molecule has 1 aliphatic rings. The molecule has 0 spiro atoms. The summed E-state index contributed by atoms with van der Waals surface area (Å²) in [5.74, 6) is 5.88. The number of rotatable bonds is 4. The summed E-state index contributed by atoms with van der Waals surface area (Å²) in [6.07, 6.45) is -1.77. The molecule has 1 heterocycles. The quantitative estimate of drug-likeness (QED) is 0.831. The fourth-order valence-electron chi connectivity index (χ4n) is 3.20. The molecule has 0 saturated carbocycles. The lowest BCUT2D eigenvalue weighted by Gasteiger charge is -2.26. The van der Waals surface area contributed by atoms with Gasteiger partial charge in [0.05, 0.1) is 18.7 Å². The number of hydrogen-bond donors (Lipinski definition) is 2. The molecule has 5 nitrogen and oxygen atoms in total. The van der Waals surface area contributed by atoms with E-state index in [4.69, 9.17) is 0 Å². The normalized spacial score (nSPS) is 19.6. The number of aliphatic hydroxyl groups excluding tert-OH is 1. The molecule has 2 aromatic rings. The van der Waals surface area contributed by atoms with Crippen molar-refractivity contribution in [2.75, 3.05) is 19.6 Å². The van der Waals surface area contributed by atoms with E-state index >= 15 is 0 Å². The van der Waals surface area contributed by atoms with Crippen LogP contribution in [-0.4, -0.2) is 57.9 Å². The molecule has 1 aliphatic heterocycles. The highest BCUT2D eigenvalue weighted by atomic mass is 16.4. The van der Waals surface area contributed by atoms with Crippen molar-refractivity contribution in [1.29, 1.82) is 0 Å². The Bertz CT molecular complexity index is 783. The molecule has 2 aromatic carbocycles. The molecule has 1 amide bonds. The second-order valence-electron chi connectivity index (χ2n) is 6.39. The van der Waals surface area contributed by atoms with Crippen LogP contribution in [0.15, 0.2) is 60.7 Å². The summed E-state index contributed by atoms with van der Waals surface area (Å²) >= 11 is 0. The highest BCUT2D eigenvalue weighted by Gasteiger charge is 2.37. The van der Waals surface area contributed by atoms with Gasteiger partial charge in [0.1, 0.15) is 0 Å². The molecule has 134 valence electrons. The van der Waals surface area contributed by atoms with Crippen LogP contribution in [0.1, 0.15) is 11.1 Å². The van der Waals surface area contributed by atoms with Crippen LogP contribution in [0, 0.1) is 11.8 Å². The Balaban J connectivity index is 1.64. The van der Waals surface area contributed by atoms with E-state index in [0.29, 0.717) is 19.6 Å². The first-order chi connectivity index (χ1) is 12.6. The van der Waals surface area contributed by atoms with Crippen LogP contribution in [0.5, 0.6) is 0 Å². The Labute approximate surface area is 153 Å². The van der Waals surface area contributed by atoms with Gasteiger partial charge in [-0.05, 0) is 17.7 Å². The van der Waals surface area contributed by atoms with Gasteiger partial charge in [-0.15, -0.1) is 0 Å². The fourth-order valence-corrected chi connectivity index (χ4v) is 3.20. The van der Waals surface area contributed by atoms with Crippen LogP contribution in [-0.2, 0) is 6.54 Å². The van der Waals surface area contributed by atoms with Gasteiger partial charge in [0, 0.05) is 25.2 Å². The van der Waals surface area contributed by atoms with Crippen LogP contribution >= 0.6 is 0 Å². The third kappa shape index (κ3) is 4.63. The molecule has 5 heteroatoms. The zero-order chi connectivity index (χ0) is 18.4. The number of β-amino-alcohol motifs (C(OH)–C–C–N with tert-alkyl or cyclic N) is 1. The van der Waals surface area contributed by atoms with Crippen molar-refractivity contribution in [3.8, 4) is 11.8 Å². The molecule has 2 unspecified atom stereocenters. The Hall–Kier alpha value is -2.81. The van der Waals surface area contributed by atoms with Crippen molar-refractivity contribution in [2.45, 2.75) is 18.7 Å². The molecule has 1 fully saturated rings. The largest absolute Gasteiger partial charge is 0.465 e. The number of hydrogen-bond acceptors (Lipinski definition) is 3. The minimum atomic E-state index is -1.06. The molecule has 0 bridgehead atoms. The summed E-state index contributed by atoms with van der Waals surface area (Å²) in [7, 11) is 0. The molecule has 1 saturated heterocycles. The summed E-state index contributed by atoms with van der Waals surface area (Å²) < 4.78 is 0. The number of likely N-dealkylation sites (tertiary alicyclic amines) is 1. The Morgan fingerprint density at radius 1 is 1.08 bits per heavy atom. The van der Waals surface area contributed by atoms with E-state index in [1.807, 2.05) is 60.7 Å². The van der Waals surface area contributed by atoms with Crippen molar-refractivity contribution in [2.24, 2.45) is 0 Å². The third-order valence-corrected chi connectivity index (χ3v) is 4.49. The molecule has 0 radical (unpaired) electrons. The van der Waals surface area contributed by atoms with Crippen LogP contribution in [0.4, 0.5) is 4.79 Å². The fraction of sp³-hybridized carbons (Fsp3) is 0.286. The van der Waals surface area contributed by atoms with Crippen LogP contribution in [0.3, 0.4) is 0 Å². The summed E-state index contributed by atoms with van der Waals surface area (Å²) in [5, 5.41) is 19.9. The first-order valence-corrected chi connectivity index (χ1v) is 8.61. The second-order valence-corrected chi connectivity index (χ2v) is 6.39. The molecular weight excluding hydrogens is 328 g/mol. The molecule has 2 atom stereocenters. The number of carbonyl (C=O) groups is 1. The van der Waals surface area contributed by atoms with Crippen LogP contribution < -0.4 is 0 Å². The van der Waals surface area contributed by atoms with Gasteiger partial charge in [-0.1, -0.05) is 60.4 Å². The third-order valence-electron chi connectivity index (χ3n) is 4.49. The molecule has 3 rings (SSSR count). The standard InChI is InChI=1S/C21H22N2O3/c24-20-16-22(14-18-10-5-2-6-11-18)15-19(20)23(21(25)26)13-7-12-17-8-3-1-4-9-17/h1-6,8-11,19-20,24H,13-16H2,(H,25,26). The van der Waals surface area contributed by atoms with E-state index in [1.165, 1.54) is 4.90 Å². The lowest BCUT2D eigenvalue weighted by Crippen LogP contribution is -2.46. The van der Waals surface area contributed by atoms with Gasteiger partial charge >= 0.3 is 6.09 Å². The van der Waals surface area contributed by atoms with Crippen LogP contribution in [0.25, 0.3) is 0 Å². The second kappa shape index (κ2) is 8.52. The highest BCUT2D eigenvalue weighted by molar-refractivity contribution is 5.66. The smallest absolute Gasteiger partial charge is 0.408 e. The van der Waals surface area contributed by atoms with Gasteiger partial charge in [0.15, 0.2) is 0 Å². The van der Waals surface area contributed by atoms with E-state index in [9.17, 15) is 15.0 Å². The summed E-state index contributed by atoms with van der Waals surface area (Å²) in [5.41, 5.74) is 1.99. The number of aliphatic hydroxyl groups is 1. The van der Waals surface area contributed by atoms with Gasteiger partial charge in [-0.2, -0.15) is 0 Å². The lowest BCUT2D eigenvalue weighted by molar-refractivity contribution is 0.0810. The molecule has 2 N–H and O–H groups in total. The van der Waals surface area contributed by atoms with Crippen molar-refractivity contribution < 1.29 is 15.0 Å². The number of amides is 1. The van der Waals surface area contributed by atoms with E-state index in [-0.39, 0.29) is 6.54 Å². The van der Waals surface area contributed by atoms with Crippen LogP contribution in [0.2, 0.25) is 0 Å². The van der Waals surface area contributed by atoms with Gasteiger partial charge in [0.25, 0.3) is 0 Å². The minimum absolute atomic E-state index is 0.0745. The predicted molar refractivity (Wildman–Crippen MR) is 99.6 cm³/mol. The first-order valence-electron chi connectivity index (χ1n) is 8.61. The average Bonchev–Trinajstić information content (AvgIpc) is 3.00. The molecular formula is C21H22N2O3. The maximum atomic E-state index is 11.7. The van der Waals surface area contributed by atoms with E-state index in [1.54, 1.807) is 0 Å². The van der Waals surface area contributed by atoms with Crippen molar-refractivity contribution in [3.05, 3.63) is 71.8 Å². The van der Waals surface area contributed by atoms with E-state index < -0.39 is 18.2 Å². The Morgan fingerprint density at radius 3 is 2.38 bits per heavy atom. The summed E-state index contributed by atoms with van der Waals surface area (Å²) in [4.78, 5) is 15.0. The maximum absolute atomic E-state index is 11.7. The van der Waals surface area contributed by atoms with Gasteiger partial charge in [-0.3, -0.25) is 9.80 Å². The highest BCUT2D eigenvalue weighted by Crippen LogP contribution is 2.19. The zero-order valence-electron chi connectivity index (χ0n) is 14.5. The number of benzene rings is 2. The van der Waals surface area contributed by atoms with Gasteiger partial charge < -0.3 is 10.2 Å². The van der Waals surface area contributed by atoms with Crippen molar-refractivity contribution in [1.82, 2.24) is 9.80 Å². The van der Waals surface area contributed by atoms with E-state index in [0.717, 1.165) is 11.1 Å². The van der Waals surface area contributed by atoms with E-state index in [2.05, 4.69) is 16.7 Å². The first kappa shape index (κ1) is 18.0. The maximum Gasteiger partial charge on any atom is 0.408 e. The number of carboxylic acid groups (broad SMARTS) is 1. The number of nitrogens with zero attached hydrogens (tertiary/aromatic N) is 2. The molecule has 0 aliphatic carbocycles. The topological polar surface area (TPSA) is 64.0 Å².